The summed E-state index contributed by atoms with van der Waals surface area (Å²) >= 11 is 0. The van der Waals surface area contributed by atoms with Gasteiger partial charge in [0.25, 0.3) is 0 Å². The first-order chi connectivity index (χ1) is 12.7. The van der Waals surface area contributed by atoms with Crippen LogP contribution in [0.15, 0.2) is 24.3 Å². The molecule has 3 rings (SSSR count). The van der Waals surface area contributed by atoms with E-state index in [-0.39, 0.29) is 5.91 Å². The van der Waals surface area contributed by atoms with E-state index in [1.165, 1.54) is 11.3 Å². The number of amides is 1. The smallest absolute Gasteiger partial charge is 0.224 e. The first-order valence-corrected chi connectivity index (χ1v) is 9.14. The van der Waals surface area contributed by atoms with E-state index in [4.69, 9.17) is 14.6 Å². The fraction of sp³-hybridized carbons (Fsp3) is 0.500. The minimum Gasteiger partial charge on any atom is -0.383 e. The number of hydrogen-bond donors (Lipinski definition) is 1. The normalized spacial score (nSPS) is 13.5. The molecule has 0 saturated carbocycles. The van der Waals surface area contributed by atoms with Crippen molar-refractivity contribution in [2.45, 2.75) is 39.3 Å². The van der Waals surface area contributed by atoms with Crippen LogP contribution in [0.5, 0.6) is 0 Å². The topological polar surface area (TPSA) is 65.4 Å². The Labute approximate surface area is 154 Å². The molecule has 0 aliphatic carbocycles. The maximum atomic E-state index is 12.2. The van der Waals surface area contributed by atoms with E-state index in [1.54, 1.807) is 7.11 Å². The highest BCUT2D eigenvalue weighted by atomic mass is 16.5. The summed E-state index contributed by atoms with van der Waals surface area (Å²) in [4.78, 5) is 12.2. The van der Waals surface area contributed by atoms with Crippen LogP contribution in [0, 0.1) is 6.92 Å². The standard InChI is InChI=1S/C20H27N3O3/c1-15-5-3-4-6-16(15)13-20(24)21-9-7-18-17-14-26-11-8-19(17)23(22-18)10-12-25-2/h3-6H,7-14H2,1-2H3,(H,21,24). The summed E-state index contributed by atoms with van der Waals surface area (Å²) in [5.74, 6) is 0.0447. The van der Waals surface area contributed by atoms with Crippen LogP contribution in [-0.4, -0.2) is 42.6 Å². The van der Waals surface area contributed by atoms with Gasteiger partial charge < -0.3 is 14.8 Å². The fourth-order valence-corrected chi connectivity index (χ4v) is 3.31. The van der Waals surface area contributed by atoms with Gasteiger partial charge in [-0.1, -0.05) is 24.3 Å². The van der Waals surface area contributed by atoms with Gasteiger partial charge in [0.05, 0.1) is 38.5 Å². The Kier molecular flexibility index (Phi) is 6.41. The lowest BCUT2D eigenvalue weighted by Crippen LogP contribution is -2.27. The van der Waals surface area contributed by atoms with E-state index in [1.807, 2.05) is 35.9 Å². The molecule has 140 valence electrons. The van der Waals surface area contributed by atoms with Crippen LogP contribution in [0.3, 0.4) is 0 Å². The number of rotatable bonds is 8. The quantitative estimate of drug-likeness (QED) is 0.783. The van der Waals surface area contributed by atoms with Crippen molar-refractivity contribution in [1.29, 1.82) is 0 Å². The van der Waals surface area contributed by atoms with Gasteiger partial charge in [-0.2, -0.15) is 5.10 Å². The van der Waals surface area contributed by atoms with Gasteiger partial charge in [0.15, 0.2) is 0 Å². The molecular formula is C20H27N3O3. The number of ether oxygens (including phenoxy) is 2. The molecule has 26 heavy (non-hydrogen) atoms. The predicted molar refractivity (Wildman–Crippen MR) is 99.1 cm³/mol. The lowest BCUT2D eigenvalue weighted by atomic mass is 10.1. The average molecular weight is 357 g/mol. The highest BCUT2D eigenvalue weighted by molar-refractivity contribution is 5.78. The van der Waals surface area contributed by atoms with E-state index in [0.717, 1.165) is 36.4 Å². The molecule has 2 aromatic rings. The highest BCUT2D eigenvalue weighted by Gasteiger charge is 2.21. The van der Waals surface area contributed by atoms with Crippen molar-refractivity contribution in [3.8, 4) is 0 Å². The monoisotopic (exact) mass is 357 g/mol. The van der Waals surface area contributed by atoms with Gasteiger partial charge in [0.2, 0.25) is 5.91 Å². The zero-order valence-electron chi connectivity index (χ0n) is 15.6. The molecule has 1 aliphatic heterocycles. The molecule has 0 bridgehead atoms. The largest absolute Gasteiger partial charge is 0.383 e. The number of fused-ring (bicyclic) bond motifs is 1. The molecule has 0 radical (unpaired) electrons. The first kappa shape index (κ1) is 18.6. The van der Waals surface area contributed by atoms with Gasteiger partial charge in [-0.25, -0.2) is 0 Å². The molecular weight excluding hydrogens is 330 g/mol. The molecule has 2 heterocycles. The Balaban J connectivity index is 1.57. The van der Waals surface area contributed by atoms with Crippen molar-refractivity contribution >= 4 is 5.91 Å². The molecule has 0 spiro atoms. The van der Waals surface area contributed by atoms with Gasteiger partial charge in [-0.3, -0.25) is 9.48 Å². The van der Waals surface area contributed by atoms with Crippen molar-refractivity contribution in [2.24, 2.45) is 0 Å². The van der Waals surface area contributed by atoms with Crippen molar-refractivity contribution in [3.05, 3.63) is 52.3 Å². The van der Waals surface area contributed by atoms with E-state index in [2.05, 4.69) is 5.32 Å². The Morgan fingerprint density at radius 2 is 2.23 bits per heavy atom. The van der Waals surface area contributed by atoms with Crippen LogP contribution in [0.4, 0.5) is 0 Å². The van der Waals surface area contributed by atoms with Crippen LogP contribution < -0.4 is 5.32 Å². The summed E-state index contributed by atoms with van der Waals surface area (Å²) in [6.45, 7) is 5.34. The second-order valence-corrected chi connectivity index (χ2v) is 6.59. The molecule has 1 aromatic carbocycles. The van der Waals surface area contributed by atoms with Crippen LogP contribution in [0.2, 0.25) is 0 Å². The van der Waals surface area contributed by atoms with Crippen molar-refractivity contribution < 1.29 is 14.3 Å². The van der Waals surface area contributed by atoms with Gasteiger partial charge in [-0.05, 0) is 18.1 Å². The zero-order chi connectivity index (χ0) is 18.4. The summed E-state index contributed by atoms with van der Waals surface area (Å²) < 4.78 is 12.8. The van der Waals surface area contributed by atoms with Gasteiger partial charge in [0.1, 0.15) is 0 Å². The maximum absolute atomic E-state index is 12.2. The molecule has 6 heteroatoms. The summed E-state index contributed by atoms with van der Waals surface area (Å²) in [5.41, 5.74) is 5.66. The fourth-order valence-electron chi connectivity index (χ4n) is 3.31. The van der Waals surface area contributed by atoms with Crippen molar-refractivity contribution in [1.82, 2.24) is 15.1 Å². The molecule has 0 saturated heterocycles. The lowest BCUT2D eigenvalue weighted by molar-refractivity contribution is -0.120. The number of hydrogen-bond acceptors (Lipinski definition) is 4. The summed E-state index contributed by atoms with van der Waals surface area (Å²) in [5, 5.41) is 7.74. The Morgan fingerprint density at radius 3 is 3.04 bits per heavy atom. The molecule has 1 amide bonds. The predicted octanol–water partition coefficient (Wildman–Crippen LogP) is 1.81. The summed E-state index contributed by atoms with van der Waals surface area (Å²) in [6.07, 6.45) is 2.01. The van der Waals surface area contributed by atoms with Crippen LogP contribution in [-0.2, 0) is 46.7 Å². The minimum atomic E-state index is 0.0447. The molecule has 1 N–H and O–H groups in total. The zero-order valence-corrected chi connectivity index (χ0v) is 15.6. The summed E-state index contributed by atoms with van der Waals surface area (Å²) in [6, 6.07) is 7.98. The molecule has 1 aliphatic rings. The molecule has 0 unspecified atom stereocenters. The molecule has 0 atom stereocenters. The third-order valence-corrected chi connectivity index (χ3v) is 4.78. The second-order valence-electron chi connectivity index (χ2n) is 6.59. The minimum absolute atomic E-state index is 0.0447. The number of nitrogens with one attached hydrogen (secondary N) is 1. The Morgan fingerprint density at radius 1 is 1.38 bits per heavy atom. The van der Waals surface area contributed by atoms with Crippen LogP contribution in [0.1, 0.15) is 28.1 Å². The third-order valence-electron chi connectivity index (χ3n) is 4.78. The highest BCUT2D eigenvalue weighted by Crippen LogP contribution is 2.21. The third kappa shape index (κ3) is 4.51. The number of methoxy groups -OCH3 is 1. The SMILES string of the molecule is COCCn1nc(CCNC(=O)Cc2ccccc2C)c2c1CCOC2. The van der Waals surface area contributed by atoms with E-state index in [0.29, 0.717) is 32.6 Å². The van der Waals surface area contributed by atoms with Gasteiger partial charge in [0, 0.05) is 37.8 Å². The van der Waals surface area contributed by atoms with E-state index < -0.39 is 0 Å². The number of carbonyl (C=O) groups excluding carboxylic acids is 1. The summed E-state index contributed by atoms with van der Waals surface area (Å²) in [7, 11) is 1.70. The van der Waals surface area contributed by atoms with Crippen molar-refractivity contribution in [3.63, 3.8) is 0 Å². The number of aryl methyl sites for hydroxylation is 1. The number of nitrogens with zero attached hydrogens (tertiary/aromatic N) is 2. The van der Waals surface area contributed by atoms with Crippen molar-refractivity contribution in [2.75, 3.05) is 26.9 Å². The maximum Gasteiger partial charge on any atom is 0.224 e. The lowest BCUT2D eigenvalue weighted by Gasteiger charge is -2.15. The average Bonchev–Trinajstić information content (AvgIpc) is 3.00. The number of carbonyl (C=O) groups is 1. The first-order valence-electron chi connectivity index (χ1n) is 9.14. The Bertz CT molecular complexity index is 755. The molecule has 6 nitrogen and oxygen atoms in total. The van der Waals surface area contributed by atoms with E-state index >= 15 is 0 Å². The number of benzene rings is 1. The van der Waals surface area contributed by atoms with Crippen LogP contribution in [0.25, 0.3) is 0 Å². The second kappa shape index (κ2) is 8.96. The van der Waals surface area contributed by atoms with Crippen LogP contribution >= 0.6 is 0 Å². The molecule has 1 aromatic heterocycles. The Hall–Kier alpha value is -2.18. The van der Waals surface area contributed by atoms with Gasteiger partial charge >= 0.3 is 0 Å². The number of aromatic nitrogens is 2. The molecule has 0 fully saturated rings. The van der Waals surface area contributed by atoms with E-state index in [9.17, 15) is 4.79 Å². The van der Waals surface area contributed by atoms with Gasteiger partial charge in [-0.15, -0.1) is 0 Å².